The van der Waals surface area contributed by atoms with Crippen molar-refractivity contribution in [1.29, 1.82) is 0 Å². The molecule has 2 rings (SSSR count). The minimum Gasteiger partial charge on any atom is -0.394 e. The minimum atomic E-state index is -0.511. The average molecular weight is 273 g/mol. The van der Waals surface area contributed by atoms with Gasteiger partial charge < -0.3 is 10.4 Å². The van der Waals surface area contributed by atoms with Gasteiger partial charge in [0.2, 0.25) is 0 Å². The second kappa shape index (κ2) is 6.12. The Balaban J connectivity index is 2.17. The van der Waals surface area contributed by atoms with Gasteiger partial charge in [-0.2, -0.15) is 5.10 Å². The van der Waals surface area contributed by atoms with E-state index in [0.29, 0.717) is 0 Å². The van der Waals surface area contributed by atoms with E-state index in [9.17, 15) is 14.7 Å². The quantitative estimate of drug-likeness (QED) is 0.836. The minimum absolute atomic E-state index is 0.126. The first-order valence-corrected chi connectivity index (χ1v) is 6.13. The van der Waals surface area contributed by atoms with Gasteiger partial charge in [0.1, 0.15) is 5.69 Å². The molecule has 0 aliphatic heterocycles. The van der Waals surface area contributed by atoms with Crippen molar-refractivity contribution < 1.29 is 9.90 Å². The van der Waals surface area contributed by atoms with E-state index in [0.717, 1.165) is 10.2 Å². The number of rotatable bonds is 4. The van der Waals surface area contributed by atoms with E-state index in [1.165, 1.54) is 19.2 Å². The Labute approximate surface area is 115 Å². The van der Waals surface area contributed by atoms with E-state index in [2.05, 4.69) is 10.4 Å². The van der Waals surface area contributed by atoms with Crippen molar-refractivity contribution in [2.75, 3.05) is 6.61 Å². The van der Waals surface area contributed by atoms with Crippen LogP contribution in [0.3, 0.4) is 0 Å². The normalized spacial score (nSPS) is 11.9. The Morgan fingerprint density at radius 3 is 2.60 bits per heavy atom. The fourth-order valence-corrected chi connectivity index (χ4v) is 1.78. The van der Waals surface area contributed by atoms with Gasteiger partial charge in [-0.15, -0.1) is 0 Å². The topological polar surface area (TPSA) is 84.2 Å². The van der Waals surface area contributed by atoms with Crippen LogP contribution in [0.25, 0.3) is 0 Å². The number of hydrogen-bond acceptors (Lipinski definition) is 4. The van der Waals surface area contributed by atoms with Gasteiger partial charge in [0.25, 0.3) is 11.5 Å². The number of hydrogen-bond donors (Lipinski definition) is 2. The Hall–Kier alpha value is -2.47. The molecule has 6 nitrogen and oxygen atoms in total. The maximum Gasteiger partial charge on any atom is 0.272 e. The third kappa shape index (κ3) is 3.10. The van der Waals surface area contributed by atoms with Gasteiger partial charge in [-0.25, -0.2) is 4.68 Å². The van der Waals surface area contributed by atoms with Crippen LogP contribution in [0, 0.1) is 0 Å². The predicted octanol–water partition coefficient (Wildman–Crippen LogP) is 0.244. The summed E-state index contributed by atoms with van der Waals surface area (Å²) in [7, 11) is 1.47. The third-order valence-corrected chi connectivity index (χ3v) is 2.88. The highest BCUT2D eigenvalue weighted by Gasteiger charge is 2.16. The lowest BCUT2D eigenvalue weighted by Crippen LogP contribution is -2.33. The molecular weight excluding hydrogens is 258 g/mol. The van der Waals surface area contributed by atoms with E-state index >= 15 is 0 Å². The molecule has 1 heterocycles. The summed E-state index contributed by atoms with van der Waals surface area (Å²) in [5, 5.41) is 15.9. The lowest BCUT2D eigenvalue weighted by Gasteiger charge is -2.16. The van der Waals surface area contributed by atoms with Gasteiger partial charge in [0.05, 0.1) is 12.6 Å². The zero-order valence-electron chi connectivity index (χ0n) is 11.0. The number of aliphatic hydroxyl groups excluding tert-OH is 1. The summed E-state index contributed by atoms with van der Waals surface area (Å²) in [5.41, 5.74) is 0.637. The summed E-state index contributed by atoms with van der Waals surface area (Å²) in [6, 6.07) is 11.3. The Morgan fingerprint density at radius 1 is 1.30 bits per heavy atom. The molecule has 1 amide bonds. The molecule has 0 fully saturated rings. The van der Waals surface area contributed by atoms with Crippen LogP contribution in [-0.4, -0.2) is 27.4 Å². The number of aryl methyl sites for hydroxylation is 1. The molecule has 1 aromatic carbocycles. The lowest BCUT2D eigenvalue weighted by molar-refractivity contribution is 0.0909. The highest BCUT2D eigenvalue weighted by Crippen LogP contribution is 2.12. The number of amides is 1. The van der Waals surface area contributed by atoms with Gasteiger partial charge in [-0.3, -0.25) is 9.59 Å². The standard InChI is InChI=1S/C14H15N3O3/c1-17-13(19)8-7-11(16-17)14(20)15-12(9-18)10-5-3-2-4-6-10/h2-8,12,18H,9H2,1H3,(H,15,20)/t12-/m0/s1. The number of aromatic nitrogens is 2. The van der Waals surface area contributed by atoms with Crippen molar-refractivity contribution in [2.24, 2.45) is 7.05 Å². The van der Waals surface area contributed by atoms with E-state index in [4.69, 9.17) is 0 Å². The summed E-state index contributed by atoms with van der Waals surface area (Å²) < 4.78 is 1.09. The Bertz CT molecular complexity index is 652. The molecule has 0 aliphatic rings. The van der Waals surface area contributed by atoms with Crippen LogP contribution < -0.4 is 10.9 Å². The molecule has 1 atom stereocenters. The van der Waals surface area contributed by atoms with Crippen LogP contribution in [0.2, 0.25) is 0 Å². The number of nitrogens with zero attached hydrogens (tertiary/aromatic N) is 2. The number of carbonyl (C=O) groups excluding carboxylic acids is 1. The van der Waals surface area contributed by atoms with Crippen LogP contribution in [0.15, 0.2) is 47.3 Å². The number of carbonyl (C=O) groups is 1. The predicted molar refractivity (Wildman–Crippen MR) is 73.2 cm³/mol. The molecule has 104 valence electrons. The van der Waals surface area contributed by atoms with Gasteiger partial charge in [0, 0.05) is 13.1 Å². The largest absolute Gasteiger partial charge is 0.394 e. The van der Waals surface area contributed by atoms with Gasteiger partial charge >= 0.3 is 0 Å². The van der Waals surface area contributed by atoms with Gasteiger partial charge in [-0.1, -0.05) is 30.3 Å². The van der Waals surface area contributed by atoms with E-state index in [-0.39, 0.29) is 17.9 Å². The van der Waals surface area contributed by atoms with E-state index in [1.54, 1.807) is 0 Å². The zero-order valence-corrected chi connectivity index (χ0v) is 11.0. The summed E-state index contributed by atoms with van der Waals surface area (Å²) in [6.45, 7) is -0.221. The first kappa shape index (κ1) is 14.0. The maximum absolute atomic E-state index is 12.1. The van der Waals surface area contributed by atoms with Crippen LogP contribution in [0.5, 0.6) is 0 Å². The molecule has 1 aromatic heterocycles. The first-order chi connectivity index (χ1) is 9.61. The van der Waals surface area contributed by atoms with Crippen molar-refractivity contribution in [3.8, 4) is 0 Å². The molecule has 0 aliphatic carbocycles. The second-order valence-corrected chi connectivity index (χ2v) is 4.30. The number of nitrogens with one attached hydrogen (secondary N) is 1. The molecule has 0 radical (unpaired) electrons. The molecule has 0 bridgehead atoms. The van der Waals surface area contributed by atoms with Crippen LogP contribution >= 0.6 is 0 Å². The van der Waals surface area contributed by atoms with Crippen LogP contribution in [0.4, 0.5) is 0 Å². The maximum atomic E-state index is 12.1. The molecule has 0 spiro atoms. The van der Waals surface area contributed by atoms with Crippen molar-refractivity contribution in [3.63, 3.8) is 0 Å². The highest BCUT2D eigenvalue weighted by molar-refractivity contribution is 5.92. The fraction of sp³-hybridized carbons (Fsp3) is 0.214. The summed E-state index contributed by atoms with van der Waals surface area (Å²) >= 11 is 0. The first-order valence-electron chi connectivity index (χ1n) is 6.13. The third-order valence-electron chi connectivity index (χ3n) is 2.88. The molecule has 0 unspecified atom stereocenters. The van der Waals surface area contributed by atoms with Crippen molar-refractivity contribution >= 4 is 5.91 Å². The van der Waals surface area contributed by atoms with E-state index in [1.807, 2.05) is 30.3 Å². The van der Waals surface area contributed by atoms with Crippen molar-refractivity contribution in [2.45, 2.75) is 6.04 Å². The zero-order chi connectivity index (χ0) is 14.5. The number of aliphatic hydroxyl groups is 1. The molecule has 0 saturated heterocycles. The molecule has 6 heteroatoms. The summed E-state index contributed by atoms with van der Waals surface area (Å²) in [6.07, 6.45) is 0. The summed E-state index contributed by atoms with van der Waals surface area (Å²) in [4.78, 5) is 23.3. The molecular formula is C14H15N3O3. The SMILES string of the molecule is Cn1nc(C(=O)N[C@@H](CO)c2ccccc2)ccc1=O. The molecule has 0 saturated carbocycles. The Kier molecular flexibility index (Phi) is 4.27. The number of benzene rings is 1. The van der Waals surface area contributed by atoms with Gasteiger partial charge in [0.15, 0.2) is 0 Å². The highest BCUT2D eigenvalue weighted by atomic mass is 16.3. The molecule has 2 N–H and O–H groups in total. The van der Waals surface area contributed by atoms with Crippen molar-refractivity contribution in [3.05, 3.63) is 64.1 Å². The van der Waals surface area contributed by atoms with E-state index < -0.39 is 11.9 Å². The monoisotopic (exact) mass is 273 g/mol. The van der Waals surface area contributed by atoms with Crippen LogP contribution in [-0.2, 0) is 7.05 Å². The van der Waals surface area contributed by atoms with Crippen molar-refractivity contribution in [1.82, 2.24) is 15.1 Å². The summed E-state index contributed by atoms with van der Waals surface area (Å²) in [5.74, 6) is -0.441. The lowest BCUT2D eigenvalue weighted by atomic mass is 10.1. The molecule has 20 heavy (non-hydrogen) atoms. The second-order valence-electron chi connectivity index (χ2n) is 4.30. The molecule has 2 aromatic rings. The fourth-order valence-electron chi connectivity index (χ4n) is 1.78. The Morgan fingerprint density at radius 2 is 2.00 bits per heavy atom. The smallest absolute Gasteiger partial charge is 0.272 e. The van der Waals surface area contributed by atoms with Gasteiger partial charge in [-0.05, 0) is 11.6 Å². The average Bonchev–Trinajstić information content (AvgIpc) is 2.48. The van der Waals surface area contributed by atoms with Crippen LogP contribution in [0.1, 0.15) is 22.1 Å².